The molecule has 2 heterocycles. The Labute approximate surface area is 190 Å². The number of esters is 1. The van der Waals surface area contributed by atoms with E-state index >= 15 is 0 Å². The van der Waals surface area contributed by atoms with Crippen LogP contribution in [0.5, 0.6) is 0 Å². The molecule has 9 nitrogen and oxygen atoms in total. The molecule has 1 amide bonds. The van der Waals surface area contributed by atoms with E-state index < -0.39 is 0 Å². The molecule has 0 aromatic carbocycles. The highest BCUT2D eigenvalue weighted by molar-refractivity contribution is 14.0. The number of rotatable bonds is 8. The van der Waals surface area contributed by atoms with E-state index in [0.29, 0.717) is 35.4 Å². The fourth-order valence-corrected chi connectivity index (χ4v) is 3.24. The van der Waals surface area contributed by atoms with Crippen LogP contribution in [0.15, 0.2) is 27.8 Å². The Morgan fingerprint density at radius 1 is 1.38 bits per heavy atom. The summed E-state index contributed by atoms with van der Waals surface area (Å²) in [5.41, 5.74) is 0.632. The number of amides is 1. The normalized spacial score (nSPS) is 11.9. The second-order valence-corrected chi connectivity index (χ2v) is 6.87. The van der Waals surface area contributed by atoms with Crippen molar-refractivity contribution in [2.75, 3.05) is 20.2 Å². The minimum absolute atomic E-state index is 0. The minimum Gasteiger partial charge on any atom is -0.467 e. The number of aromatic nitrogens is 1. The number of carbonyl (C=O) groups is 2. The summed E-state index contributed by atoms with van der Waals surface area (Å²) in [5, 5.41) is 9.57. The Hall–Kier alpha value is -2.15. The first-order valence-electron chi connectivity index (χ1n) is 8.85. The molecule has 0 saturated carbocycles. The number of aryl methyl sites for hydroxylation is 1. The number of halogens is 1. The Kier molecular flexibility index (Phi) is 10.7. The maximum absolute atomic E-state index is 11.9. The molecule has 2 aromatic heterocycles. The van der Waals surface area contributed by atoms with E-state index in [9.17, 15) is 9.59 Å². The van der Waals surface area contributed by atoms with Gasteiger partial charge in [0.1, 0.15) is 15.6 Å². The van der Waals surface area contributed by atoms with Crippen molar-refractivity contribution in [2.45, 2.75) is 33.4 Å². The fraction of sp³-hybridized carbons (Fsp3) is 0.444. The molecule has 0 radical (unpaired) electrons. The van der Waals surface area contributed by atoms with Crippen LogP contribution < -0.4 is 16.0 Å². The molecular weight excluding hydrogens is 509 g/mol. The van der Waals surface area contributed by atoms with Crippen molar-refractivity contribution in [3.63, 3.8) is 0 Å². The van der Waals surface area contributed by atoms with Crippen LogP contribution in [-0.4, -0.2) is 43.0 Å². The Balaban J connectivity index is 0.00000420. The predicted octanol–water partition coefficient (Wildman–Crippen LogP) is 2.38. The number of hydrogen-bond acceptors (Lipinski definition) is 7. The number of carbonyl (C=O) groups excluding carboxylic acids is 2. The topological polar surface area (TPSA) is 118 Å². The lowest BCUT2D eigenvalue weighted by molar-refractivity contribution is -0.120. The number of nitrogens with one attached hydrogen (secondary N) is 3. The Morgan fingerprint density at radius 3 is 2.76 bits per heavy atom. The van der Waals surface area contributed by atoms with E-state index in [2.05, 4.69) is 25.9 Å². The average Bonchev–Trinajstić information content (AvgIpc) is 3.33. The van der Waals surface area contributed by atoms with Crippen molar-refractivity contribution in [3.8, 4) is 0 Å². The number of furan rings is 1. The van der Waals surface area contributed by atoms with E-state index in [1.54, 1.807) is 39.3 Å². The SMILES string of the molecule is CCOC(=O)c1sc(C(C)NC(=NC)NCC(=O)NCc2ccco2)nc1C.I. The standard InChI is InChI=1S/C18H25N5O4S.HI/c1-5-26-17(25)15-11(2)22-16(28-15)12(3)23-18(19-4)21-10-14(24)20-9-13-7-6-8-27-13;/h6-8,12H,5,9-10H2,1-4H3,(H,20,24)(H2,19,21,23);1H. The van der Waals surface area contributed by atoms with E-state index in [1.165, 1.54) is 11.3 Å². The molecule has 0 aliphatic heterocycles. The molecular formula is C18H26IN5O4S. The second kappa shape index (κ2) is 12.4. The maximum atomic E-state index is 11.9. The van der Waals surface area contributed by atoms with Crippen molar-refractivity contribution < 1.29 is 18.7 Å². The second-order valence-electron chi connectivity index (χ2n) is 5.83. The summed E-state index contributed by atoms with van der Waals surface area (Å²) >= 11 is 1.28. The molecule has 0 spiro atoms. The van der Waals surface area contributed by atoms with Gasteiger partial charge >= 0.3 is 5.97 Å². The van der Waals surface area contributed by atoms with Crippen LogP contribution in [0, 0.1) is 6.92 Å². The molecule has 0 aliphatic carbocycles. The van der Waals surface area contributed by atoms with Gasteiger partial charge in [-0.1, -0.05) is 0 Å². The number of hydrogen-bond donors (Lipinski definition) is 3. The molecule has 160 valence electrons. The zero-order valence-electron chi connectivity index (χ0n) is 16.8. The molecule has 0 fully saturated rings. The highest BCUT2D eigenvalue weighted by atomic mass is 127. The van der Waals surface area contributed by atoms with E-state index in [1.807, 2.05) is 6.92 Å². The highest BCUT2D eigenvalue weighted by Gasteiger charge is 2.20. The van der Waals surface area contributed by atoms with Crippen molar-refractivity contribution in [1.82, 2.24) is 20.9 Å². The Bertz CT molecular complexity index is 822. The van der Waals surface area contributed by atoms with Gasteiger partial charge in [0, 0.05) is 7.05 Å². The first kappa shape index (κ1) is 24.9. The lowest BCUT2D eigenvalue weighted by atomic mass is 10.3. The van der Waals surface area contributed by atoms with Gasteiger partial charge in [-0.3, -0.25) is 9.79 Å². The third-order valence-electron chi connectivity index (χ3n) is 3.68. The van der Waals surface area contributed by atoms with E-state index in [0.717, 1.165) is 5.01 Å². The van der Waals surface area contributed by atoms with Gasteiger partial charge in [-0.2, -0.15) is 0 Å². The summed E-state index contributed by atoms with van der Waals surface area (Å²) < 4.78 is 10.2. The van der Waals surface area contributed by atoms with Gasteiger partial charge in [0.15, 0.2) is 5.96 Å². The summed E-state index contributed by atoms with van der Waals surface area (Å²) in [6.07, 6.45) is 1.56. The minimum atomic E-state index is -0.369. The van der Waals surface area contributed by atoms with Crippen LogP contribution in [-0.2, 0) is 16.1 Å². The van der Waals surface area contributed by atoms with Gasteiger partial charge in [0.05, 0.1) is 37.7 Å². The van der Waals surface area contributed by atoms with Crippen molar-refractivity contribution in [3.05, 3.63) is 39.7 Å². The summed E-state index contributed by atoms with van der Waals surface area (Å²) in [6, 6.07) is 3.35. The van der Waals surface area contributed by atoms with Gasteiger partial charge in [0.25, 0.3) is 0 Å². The van der Waals surface area contributed by atoms with Crippen molar-refractivity contribution in [2.24, 2.45) is 4.99 Å². The summed E-state index contributed by atoms with van der Waals surface area (Å²) in [6.45, 7) is 6.13. The first-order chi connectivity index (χ1) is 13.4. The zero-order chi connectivity index (χ0) is 20.5. The average molecular weight is 535 g/mol. The number of ether oxygens (including phenoxy) is 1. The summed E-state index contributed by atoms with van der Waals surface area (Å²) in [4.78, 5) is 32.9. The van der Waals surface area contributed by atoms with Crippen molar-refractivity contribution >= 4 is 53.1 Å². The molecule has 11 heteroatoms. The third-order valence-corrected chi connectivity index (χ3v) is 5.00. The molecule has 1 unspecified atom stereocenters. The highest BCUT2D eigenvalue weighted by Crippen LogP contribution is 2.24. The number of thiazole rings is 1. The molecule has 3 N–H and O–H groups in total. The van der Waals surface area contributed by atoms with Crippen LogP contribution in [0.25, 0.3) is 0 Å². The van der Waals surface area contributed by atoms with Crippen LogP contribution in [0.4, 0.5) is 0 Å². The lowest BCUT2D eigenvalue weighted by Gasteiger charge is -2.16. The van der Waals surface area contributed by atoms with Gasteiger partial charge in [-0.15, -0.1) is 35.3 Å². The summed E-state index contributed by atoms with van der Waals surface area (Å²) in [5.74, 6) is 0.570. The van der Waals surface area contributed by atoms with Gasteiger partial charge in [-0.05, 0) is 32.9 Å². The molecule has 0 bridgehead atoms. The van der Waals surface area contributed by atoms with Crippen LogP contribution in [0.3, 0.4) is 0 Å². The first-order valence-corrected chi connectivity index (χ1v) is 9.67. The fourth-order valence-electron chi connectivity index (χ4n) is 2.28. The molecule has 2 rings (SSSR count). The van der Waals surface area contributed by atoms with E-state index in [-0.39, 0.29) is 48.4 Å². The maximum Gasteiger partial charge on any atom is 0.350 e. The van der Waals surface area contributed by atoms with Gasteiger partial charge in [0.2, 0.25) is 5.91 Å². The quantitative estimate of drug-likeness (QED) is 0.206. The Morgan fingerprint density at radius 2 is 2.14 bits per heavy atom. The van der Waals surface area contributed by atoms with Gasteiger partial charge < -0.3 is 25.1 Å². The largest absolute Gasteiger partial charge is 0.467 e. The molecule has 0 aliphatic rings. The lowest BCUT2D eigenvalue weighted by Crippen LogP contribution is -2.43. The number of aliphatic imine (C=N–C) groups is 1. The predicted molar refractivity (Wildman–Crippen MR) is 122 cm³/mol. The zero-order valence-corrected chi connectivity index (χ0v) is 19.9. The molecule has 29 heavy (non-hydrogen) atoms. The molecule has 0 saturated heterocycles. The van der Waals surface area contributed by atoms with E-state index in [4.69, 9.17) is 9.15 Å². The van der Waals surface area contributed by atoms with Gasteiger partial charge in [-0.25, -0.2) is 9.78 Å². The van der Waals surface area contributed by atoms with Crippen LogP contribution in [0.2, 0.25) is 0 Å². The number of guanidine groups is 1. The third kappa shape index (κ3) is 7.65. The smallest absolute Gasteiger partial charge is 0.350 e. The van der Waals surface area contributed by atoms with Crippen LogP contribution >= 0.6 is 35.3 Å². The van der Waals surface area contributed by atoms with Crippen LogP contribution in [0.1, 0.15) is 46.0 Å². The monoisotopic (exact) mass is 535 g/mol. The molecule has 2 aromatic rings. The summed E-state index contributed by atoms with van der Waals surface area (Å²) in [7, 11) is 1.61. The number of nitrogens with zero attached hydrogens (tertiary/aromatic N) is 2. The van der Waals surface area contributed by atoms with Crippen molar-refractivity contribution in [1.29, 1.82) is 0 Å². The molecule has 1 atom stereocenters.